The number of benzene rings is 2. The van der Waals surface area contributed by atoms with Crippen LogP contribution in [0.25, 0.3) is 22.1 Å². The molecule has 0 unspecified atom stereocenters. The SMILES string of the molecule is CS(=O)(=O)Oc1ccc(C=c2sc3nc4ccccc4n3c2=O)cc1. The number of para-hydroxylation sites is 2. The lowest BCUT2D eigenvalue weighted by atomic mass is 10.2. The summed E-state index contributed by atoms with van der Waals surface area (Å²) in [4.78, 5) is 17.8. The molecular weight excluding hydrogens is 360 g/mol. The highest BCUT2D eigenvalue weighted by atomic mass is 32.2. The standard InChI is InChI=1S/C17H12N2O4S2/c1-25(21,22)23-12-8-6-11(7-9-12)10-15-16(20)19-14-5-3-2-4-13(14)18-17(19)24-15/h2-10H,1H3. The van der Waals surface area contributed by atoms with Gasteiger partial charge in [-0.15, -0.1) is 0 Å². The van der Waals surface area contributed by atoms with Crippen molar-refractivity contribution < 1.29 is 12.6 Å². The van der Waals surface area contributed by atoms with Crippen LogP contribution in [-0.2, 0) is 10.1 Å². The Labute approximate surface area is 146 Å². The highest BCUT2D eigenvalue weighted by molar-refractivity contribution is 7.86. The Morgan fingerprint density at radius 2 is 1.84 bits per heavy atom. The van der Waals surface area contributed by atoms with Crippen molar-refractivity contribution in [2.75, 3.05) is 6.26 Å². The highest BCUT2D eigenvalue weighted by Crippen LogP contribution is 2.17. The fourth-order valence-corrected chi connectivity index (χ4v) is 4.01. The van der Waals surface area contributed by atoms with Crippen molar-refractivity contribution in [1.82, 2.24) is 9.38 Å². The third-order valence-electron chi connectivity index (χ3n) is 3.57. The minimum Gasteiger partial charge on any atom is -0.383 e. The molecule has 0 aliphatic heterocycles. The van der Waals surface area contributed by atoms with E-state index in [1.54, 1.807) is 34.7 Å². The fraction of sp³-hybridized carbons (Fsp3) is 0.0588. The summed E-state index contributed by atoms with van der Waals surface area (Å²) >= 11 is 1.32. The van der Waals surface area contributed by atoms with Gasteiger partial charge in [-0.05, 0) is 35.9 Å². The van der Waals surface area contributed by atoms with Crippen molar-refractivity contribution in [2.45, 2.75) is 0 Å². The Bertz CT molecular complexity index is 1300. The van der Waals surface area contributed by atoms with E-state index in [-0.39, 0.29) is 11.3 Å². The summed E-state index contributed by atoms with van der Waals surface area (Å²) in [5, 5.41) is 0. The van der Waals surface area contributed by atoms with Crippen molar-refractivity contribution in [2.24, 2.45) is 0 Å². The summed E-state index contributed by atoms with van der Waals surface area (Å²) < 4.78 is 29.2. The number of thiazole rings is 1. The molecular formula is C17H12N2O4S2. The highest BCUT2D eigenvalue weighted by Gasteiger charge is 2.10. The van der Waals surface area contributed by atoms with Gasteiger partial charge >= 0.3 is 10.1 Å². The normalized spacial score (nSPS) is 12.9. The third-order valence-corrected chi connectivity index (χ3v) is 5.03. The van der Waals surface area contributed by atoms with E-state index in [1.807, 2.05) is 24.3 Å². The number of imidazole rings is 1. The van der Waals surface area contributed by atoms with Gasteiger partial charge in [-0.3, -0.25) is 4.79 Å². The smallest absolute Gasteiger partial charge is 0.306 e. The van der Waals surface area contributed by atoms with Gasteiger partial charge in [0.15, 0.2) is 4.96 Å². The number of aromatic nitrogens is 2. The minimum absolute atomic E-state index is 0.120. The molecule has 0 N–H and O–H groups in total. The zero-order valence-electron chi connectivity index (χ0n) is 13.0. The third kappa shape index (κ3) is 3.01. The molecule has 0 aliphatic carbocycles. The van der Waals surface area contributed by atoms with Crippen LogP contribution in [0.15, 0.2) is 53.3 Å². The van der Waals surface area contributed by atoms with Gasteiger partial charge < -0.3 is 4.18 Å². The van der Waals surface area contributed by atoms with E-state index in [0.717, 1.165) is 22.9 Å². The molecule has 0 bridgehead atoms. The van der Waals surface area contributed by atoms with Gasteiger partial charge in [0.2, 0.25) is 0 Å². The number of hydrogen-bond acceptors (Lipinski definition) is 6. The van der Waals surface area contributed by atoms with Crippen LogP contribution < -0.4 is 14.3 Å². The first kappa shape index (κ1) is 15.8. The van der Waals surface area contributed by atoms with Crippen LogP contribution in [0.4, 0.5) is 0 Å². The zero-order valence-corrected chi connectivity index (χ0v) is 14.7. The van der Waals surface area contributed by atoms with Crippen LogP contribution >= 0.6 is 11.3 Å². The van der Waals surface area contributed by atoms with Gasteiger partial charge in [0.25, 0.3) is 5.56 Å². The van der Waals surface area contributed by atoms with E-state index >= 15 is 0 Å². The molecule has 25 heavy (non-hydrogen) atoms. The number of rotatable bonds is 3. The second-order valence-corrected chi connectivity index (χ2v) is 8.07. The van der Waals surface area contributed by atoms with Crippen molar-refractivity contribution >= 4 is 43.5 Å². The van der Waals surface area contributed by atoms with Gasteiger partial charge in [0.05, 0.1) is 21.8 Å². The molecule has 0 aliphatic rings. The maximum Gasteiger partial charge on any atom is 0.306 e. The molecule has 0 saturated heterocycles. The van der Waals surface area contributed by atoms with Gasteiger partial charge in [0.1, 0.15) is 5.75 Å². The summed E-state index contributed by atoms with van der Waals surface area (Å²) in [6.07, 6.45) is 2.74. The molecule has 126 valence electrons. The monoisotopic (exact) mass is 372 g/mol. The molecule has 2 aromatic heterocycles. The lowest BCUT2D eigenvalue weighted by Gasteiger charge is -2.02. The molecule has 0 fully saturated rings. The van der Waals surface area contributed by atoms with Crippen molar-refractivity contribution in [3.63, 3.8) is 0 Å². The molecule has 8 heteroatoms. The molecule has 6 nitrogen and oxygen atoms in total. The predicted octanol–water partition coefficient (Wildman–Crippen LogP) is 1.80. The Morgan fingerprint density at radius 3 is 2.56 bits per heavy atom. The van der Waals surface area contributed by atoms with Crippen molar-refractivity contribution in [3.05, 3.63) is 69.0 Å². The molecule has 0 spiro atoms. The van der Waals surface area contributed by atoms with Gasteiger partial charge in [-0.2, -0.15) is 8.42 Å². The Balaban J connectivity index is 1.79. The molecule has 4 rings (SSSR count). The summed E-state index contributed by atoms with van der Waals surface area (Å²) in [6, 6.07) is 14.0. The maximum absolute atomic E-state index is 12.7. The maximum atomic E-state index is 12.7. The van der Waals surface area contributed by atoms with Gasteiger partial charge in [-0.1, -0.05) is 35.6 Å². The number of fused-ring (bicyclic) bond motifs is 3. The number of nitrogens with zero attached hydrogens (tertiary/aromatic N) is 2. The topological polar surface area (TPSA) is 77.7 Å². The lowest BCUT2D eigenvalue weighted by molar-refractivity contribution is 0.493. The average Bonchev–Trinajstić information content (AvgIpc) is 3.05. The molecule has 4 aromatic rings. The van der Waals surface area contributed by atoms with Crippen LogP contribution in [0, 0.1) is 0 Å². The van der Waals surface area contributed by atoms with Crippen LogP contribution in [-0.4, -0.2) is 24.1 Å². The van der Waals surface area contributed by atoms with E-state index in [2.05, 4.69) is 4.98 Å². The van der Waals surface area contributed by atoms with Crippen LogP contribution in [0.5, 0.6) is 5.75 Å². The molecule has 0 atom stereocenters. The van der Waals surface area contributed by atoms with Gasteiger partial charge in [-0.25, -0.2) is 9.38 Å². The fourth-order valence-electron chi connectivity index (χ4n) is 2.56. The van der Waals surface area contributed by atoms with E-state index < -0.39 is 10.1 Å². The Kier molecular flexibility index (Phi) is 3.59. The van der Waals surface area contributed by atoms with Crippen molar-refractivity contribution in [1.29, 1.82) is 0 Å². The summed E-state index contributed by atoms with van der Waals surface area (Å²) in [5.74, 6) is 0.231. The van der Waals surface area contributed by atoms with Crippen LogP contribution in [0.3, 0.4) is 0 Å². The average molecular weight is 372 g/mol. The van der Waals surface area contributed by atoms with E-state index in [0.29, 0.717) is 9.49 Å². The summed E-state index contributed by atoms with van der Waals surface area (Å²) in [5.41, 5.74) is 2.23. The first-order valence-electron chi connectivity index (χ1n) is 7.32. The summed E-state index contributed by atoms with van der Waals surface area (Å²) in [7, 11) is -3.56. The van der Waals surface area contributed by atoms with Gasteiger partial charge in [0, 0.05) is 0 Å². The molecule has 0 saturated carbocycles. The second-order valence-electron chi connectivity index (χ2n) is 5.49. The summed E-state index contributed by atoms with van der Waals surface area (Å²) in [6.45, 7) is 0. The van der Waals surface area contributed by atoms with Crippen molar-refractivity contribution in [3.8, 4) is 5.75 Å². The Hall–Kier alpha value is -2.71. The molecule has 0 radical (unpaired) electrons. The Morgan fingerprint density at radius 1 is 1.12 bits per heavy atom. The quantitative estimate of drug-likeness (QED) is 0.513. The molecule has 2 aromatic carbocycles. The van der Waals surface area contributed by atoms with Crippen LogP contribution in [0.1, 0.15) is 5.56 Å². The predicted molar refractivity (Wildman–Crippen MR) is 97.5 cm³/mol. The first-order chi connectivity index (χ1) is 11.9. The second kappa shape index (κ2) is 5.68. The first-order valence-corrected chi connectivity index (χ1v) is 9.95. The zero-order chi connectivity index (χ0) is 17.6. The largest absolute Gasteiger partial charge is 0.383 e. The van der Waals surface area contributed by atoms with E-state index in [9.17, 15) is 13.2 Å². The number of hydrogen-bond donors (Lipinski definition) is 0. The van der Waals surface area contributed by atoms with E-state index in [1.165, 1.54) is 11.3 Å². The molecule has 0 amide bonds. The molecule has 2 heterocycles. The minimum atomic E-state index is -3.56. The lowest BCUT2D eigenvalue weighted by Crippen LogP contribution is -2.22. The van der Waals surface area contributed by atoms with E-state index in [4.69, 9.17) is 4.18 Å². The van der Waals surface area contributed by atoms with Crippen LogP contribution in [0.2, 0.25) is 0 Å².